The standard InChI is InChI=1S/C16H14BrN5/c1-11-9-13(7-8-14(11)17)20-16-21-15(10-18-22-16)19-12-5-3-2-4-6-12/h2-10H,1H3,(H2,19,20,21,22). The highest BCUT2D eigenvalue weighted by Crippen LogP contribution is 2.22. The van der Waals surface area contributed by atoms with Crippen LogP contribution in [0.1, 0.15) is 5.56 Å². The van der Waals surface area contributed by atoms with Crippen molar-refractivity contribution in [2.75, 3.05) is 10.6 Å². The first-order chi connectivity index (χ1) is 10.7. The van der Waals surface area contributed by atoms with E-state index in [1.54, 1.807) is 6.20 Å². The van der Waals surface area contributed by atoms with Gasteiger partial charge in [0, 0.05) is 15.8 Å². The van der Waals surface area contributed by atoms with Gasteiger partial charge in [0.2, 0.25) is 5.95 Å². The number of hydrogen-bond acceptors (Lipinski definition) is 5. The minimum atomic E-state index is 0.447. The smallest absolute Gasteiger partial charge is 0.249 e. The summed E-state index contributed by atoms with van der Waals surface area (Å²) in [6.07, 6.45) is 1.59. The van der Waals surface area contributed by atoms with Gasteiger partial charge < -0.3 is 10.6 Å². The molecule has 3 rings (SSSR count). The monoisotopic (exact) mass is 355 g/mol. The fourth-order valence-corrected chi connectivity index (χ4v) is 2.18. The number of aryl methyl sites for hydroxylation is 1. The SMILES string of the molecule is Cc1cc(Nc2nncc(Nc3ccccc3)n2)ccc1Br. The van der Waals surface area contributed by atoms with Crippen molar-refractivity contribution in [3.63, 3.8) is 0 Å². The van der Waals surface area contributed by atoms with Crippen LogP contribution in [0.2, 0.25) is 0 Å². The zero-order chi connectivity index (χ0) is 15.4. The van der Waals surface area contributed by atoms with Gasteiger partial charge in [-0.05, 0) is 42.8 Å². The molecule has 0 fully saturated rings. The van der Waals surface area contributed by atoms with Gasteiger partial charge in [-0.2, -0.15) is 10.1 Å². The molecule has 0 amide bonds. The summed E-state index contributed by atoms with van der Waals surface area (Å²) < 4.78 is 1.07. The van der Waals surface area contributed by atoms with Crippen LogP contribution in [-0.2, 0) is 0 Å². The van der Waals surface area contributed by atoms with Crippen molar-refractivity contribution in [2.45, 2.75) is 6.92 Å². The van der Waals surface area contributed by atoms with Crippen LogP contribution in [-0.4, -0.2) is 15.2 Å². The van der Waals surface area contributed by atoms with Crippen molar-refractivity contribution in [3.8, 4) is 0 Å². The second-order valence-corrected chi connectivity index (χ2v) is 5.60. The maximum atomic E-state index is 4.41. The molecule has 0 radical (unpaired) electrons. The highest BCUT2D eigenvalue weighted by Gasteiger charge is 2.03. The lowest BCUT2D eigenvalue weighted by molar-refractivity contribution is 0.982. The molecule has 1 aromatic heterocycles. The lowest BCUT2D eigenvalue weighted by Gasteiger charge is -2.08. The van der Waals surface area contributed by atoms with Crippen LogP contribution in [0, 0.1) is 6.92 Å². The number of rotatable bonds is 4. The molecule has 0 aliphatic rings. The van der Waals surface area contributed by atoms with Crippen LogP contribution >= 0.6 is 15.9 Å². The maximum absolute atomic E-state index is 4.41. The summed E-state index contributed by atoms with van der Waals surface area (Å²) in [4.78, 5) is 4.41. The first-order valence-corrected chi connectivity index (χ1v) is 7.55. The molecular formula is C16H14BrN5. The zero-order valence-corrected chi connectivity index (χ0v) is 13.5. The summed E-state index contributed by atoms with van der Waals surface area (Å²) >= 11 is 3.48. The first kappa shape index (κ1) is 14.5. The Morgan fingerprint density at radius 1 is 0.955 bits per heavy atom. The third-order valence-corrected chi connectivity index (χ3v) is 3.91. The summed E-state index contributed by atoms with van der Waals surface area (Å²) in [5.41, 5.74) is 3.00. The molecule has 6 heteroatoms. The quantitative estimate of drug-likeness (QED) is 0.724. The molecule has 0 unspecified atom stereocenters. The van der Waals surface area contributed by atoms with Crippen LogP contribution in [0.25, 0.3) is 0 Å². The molecule has 2 N–H and O–H groups in total. The average Bonchev–Trinajstić information content (AvgIpc) is 2.52. The number of aromatic nitrogens is 3. The van der Waals surface area contributed by atoms with E-state index in [9.17, 15) is 0 Å². The topological polar surface area (TPSA) is 62.7 Å². The van der Waals surface area contributed by atoms with Crippen molar-refractivity contribution in [2.24, 2.45) is 0 Å². The Morgan fingerprint density at radius 2 is 1.77 bits per heavy atom. The predicted molar refractivity (Wildman–Crippen MR) is 91.7 cm³/mol. The van der Waals surface area contributed by atoms with Crippen LogP contribution in [0.3, 0.4) is 0 Å². The van der Waals surface area contributed by atoms with Gasteiger partial charge in [-0.3, -0.25) is 0 Å². The summed E-state index contributed by atoms with van der Waals surface area (Å²) in [7, 11) is 0. The molecule has 110 valence electrons. The molecule has 3 aromatic rings. The van der Waals surface area contributed by atoms with Crippen LogP contribution in [0.4, 0.5) is 23.1 Å². The van der Waals surface area contributed by atoms with Crippen molar-refractivity contribution in [3.05, 3.63) is 64.8 Å². The van der Waals surface area contributed by atoms with Gasteiger partial charge in [0.05, 0.1) is 6.20 Å². The molecule has 1 heterocycles. The van der Waals surface area contributed by atoms with E-state index in [0.29, 0.717) is 11.8 Å². The maximum Gasteiger partial charge on any atom is 0.249 e. The summed E-state index contributed by atoms with van der Waals surface area (Å²) in [6.45, 7) is 2.03. The summed E-state index contributed by atoms with van der Waals surface area (Å²) in [5, 5.41) is 14.3. The second-order valence-electron chi connectivity index (χ2n) is 4.75. The van der Waals surface area contributed by atoms with Gasteiger partial charge in [0.1, 0.15) is 0 Å². The van der Waals surface area contributed by atoms with Crippen molar-refractivity contribution in [1.29, 1.82) is 0 Å². The Balaban J connectivity index is 1.77. The zero-order valence-electron chi connectivity index (χ0n) is 11.9. The molecule has 0 bridgehead atoms. The molecule has 5 nitrogen and oxygen atoms in total. The van der Waals surface area contributed by atoms with Gasteiger partial charge in [-0.25, -0.2) is 0 Å². The van der Waals surface area contributed by atoms with Crippen LogP contribution in [0.5, 0.6) is 0 Å². The highest BCUT2D eigenvalue weighted by molar-refractivity contribution is 9.10. The third-order valence-electron chi connectivity index (χ3n) is 3.02. The van der Waals surface area contributed by atoms with E-state index in [2.05, 4.69) is 41.7 Å². The van der Waals surface area contributed by atoms with E-state index >= 15 is 0 Å². The Labute approximate surface area is 137 Å². The van der Waals surface area contributed by atoms with E-state index < -0.39 is 0 Å². The van der Waals surface area contributed by atoms with E-state index in [1.807, 2.05) is 55.5 Å². The number of nitrogens with one attached hydrogen (secondary N) is 2. The van der Waals surface area contributed by atoms with Gasteiger partial charge >= 0.3 is 0 Å². The molecule has 2 aromatic carbocycles. The molecule has 0 aliphatic heterocycles. The van der Waals surface area contributed by atoms with E-state index in [-0.39, 0.29) is 0 Å². The molecule has 0 saturated carbocycles. The lowest BCUT2D eigenvalue weighted by atomic mass is 10.2. The number of anilines is 4. The van der Waals surface area contributed by atoms with E-state index in [0.717, 1.165) is 21.4 Å². The Bertz CT molecular complexity index is 776. The van der Waals surface area contributed by atoms with Crippen molar-refractivity contribution >= 4 is 39.1 Å². The Kier molecular flexibility index (Phi) is 4.29. The average molecular weight is 356 g/mol. The minimum Gasteiger partial charge on any atom is -0.339 e. The predicted octanol–water partition coefficient (Wildman–Crippen LogP) is 4.43. The minimum absolute atomic E-state index is 0.447. The number of hydrogen-bond donors (Lipinski definition) is 2. The van der Waals surface area contributed by atoms with Gasteiger partial charge in [-0.1, -0.05) is 34.1 Å². The van der Waals surface area contributed by atoms with Gasteiger partial charge in [0.15, 0.2) is 5.82 Å². The fraction of sp³-hybridized carbons (Fsp3) is 0.0625. The molecule has 0 atom stereocenters. The number of para-hydroxylation sites is 1. The second kappa shape index (κ2) is 6.53. The van der Waals surface area contributed by atoms with E-state index in [4.69, 9.17) is 0 Å². The van der Waals surface area contributed by atoms with Crippen LogP contribution < -0.4 is 10.6 Å². The van der Waals surface area contributed by atoms with Crippen molar-refractivity contribution in [1.82, 2.24) is 15.2 Å². The van der Waals surface area contributed by atoms with Crippen LogP contribution in [0.15, 0.2) is 59.2 Å². The lowest BCUT2D eigenvalue weighted by Crippen LogP contribution is -2.02. The first-order valence-electron chi connectivity index (χ1n) is 6.76. The van der Waals surface area contributed by atoms with Crippen molar-refractivity contribution < 1.29 is 0 Å². The molecular weight excluding hydrogens is 342 g/mol. The number of benzene rings is 2. The largest absolute Gasteiger partial charge is 0.339 e. The number of nitrogens with zero attached hydrogens (tertiary/aromatic N) is 3. The molecule has 0 saturated heterocycles. The van der Waals surface area contributed by atoms with E-state index in [1.165, 1.54) is 0 Å². The van der Waals surface area contributed by atoms with Gasteiger partial charge in [0.25, 0.3) is 0 Å². The Hall–Kier alpha value is -2.47. The third kappa shape index (κ3) is 3.59. The number of halogens is 1. The molecule has 0 spiro atoms. The normalized spacial score (nSPS) is 10.3. The highest BCUT2D eigenvalue weighted by atomic mass is 79.9. The summed E-state index contributed by atoms with van der Waals surface area (Å²) in [5.74, 6) is 1.08. The summed E-state index contributed by atoms with van der Waals surface area (Å²) in [6, 6.07) is 15.8. The molecule has 22 heavy (non-hydrogen) atoms. The van der Waals surface area contributed by atoms with Gasteiger partial charge in [-0.15, -0.1) is 5.10 Å². The fourth-order valence-electron chi connectivity index (χ4n) is 1.94. The molecule has 0 aliphatic carbocycles. The Morgan fingerprint density at radius 3 is 2.55 bits per heavy atom.